The maximum absolute atomic E-state index is 11.9. The first-order valence-corrected chi connectivity index (χ1v) is 11.4. The Hall–Kier alpha value is -4.42. The van der Waals surface area contributed by atoms with Crippen LogP contribution in [0.3, 0.4) is 0 Å². The van der Waals surface area contributed by atoms with Gasteiger partial charge in [0.05, 0.1) is 28.8 Å². The molecule has 1 atom stereocenters. The number of halogens is 1. The lowest BCUT2D eigenvalue weighted by molar-refractivity contribution is -0.00807. The Balaban J connectivity index is 1.82. The van der Waals surface area contributed by atoms with Crippen molar-refractivity contribution in [2.45, 2.75) is 26.0 Å². The monoisotopic (exact) mass is 503 g/mol. The number of benzene rings is 2. The summed E-state index contributed by atoms with van der Waals surface area (Å²) >= 11 is 6.66. The summed E-state index contributed by atoms with van der Waals surface area (Å²) in [4.78, 5) is 24.9. The summed E-state index contributed by atoms with van der Waals surface area (Å²) in [5, 5.41) is 13.9. The van der Waals surface area contributed by atoms with Crippen molar-refractivity contribution in [3.8, 4) is 11.8 Å². The lowest BCUT2D eigenvalue weighted by Crippen LogP contribution is -2.19. The van der Waals surface area contributed by atoms with E-state index in [1.807, 2.05) is 12.1 Å². The molecule has 0 saturated heterocycles. The van der Waals surface area contributed by atoms with Crippen molar-refractivity contribution in [2.24, 2.45) is 0 Å². The second-order valence-electron chi connectivity index (χ2n) is 7.89. The van der Waals surface area contributed by atoms with Gasteiger partial charge in [-0.1, -0.05) is 23.7 Å². The fraction of sp³-hybridized carbons (Fsp3) is 0.192. The number of nitriles is 1. The largest absolute Gasteiger partial charge is 0.511 e. The van der Waals surface area contributed by atoms with Gasteiger partial charge in [0.15, 0.2) is 5.75 Å². The number of hydrogen-bond donors (Lipinski definition) is 1. The normalized spacial score (nSPS) is 11.5. The summed E-state index contributed by atoms with van der Waals surface area (Å²) in [6.07, 6.45) is 3.64. The van der Waals surface area contributed by atoms with Gasteiger partial charge in [-0.3, -0.25) is 4.98 Å². The summed E-state index contributed by atoms with van der Waals surface area (Å²) in [6.45, 7) is 3.01. The lowest BCUT2D eigenvalue weighted by atomic mass is 9.95. The smallest absolute Gasteiger partial charge is 0.455 e. The van der Waals surface area contributed by atoms with E-state index in [0.29, 0.717) is 38.8 Å². The van der Waals surface area contributed by atoms with Crippen LogP contribution >= 0.6 is 11.6 Å². The van der Waals surface area contributed by atoms with Gasteiger partial charge in [0.2, 0.25) is 12.7 Å². The lowest BCUT2D eigenvalue weighted by Gasteiger charge is -2.24. The van der Waals surface area contributed by atoms with E-state index in [4.69, 9.17) is 25.8 Å². The molecule has 0 radical (unpaired) electrons. The minimum atomic E-state index is -0.855. The van der Waals surface area contributed by atoms with Crippen LogP contribution in [0.15, 0.2) is 67.1 Å². The number of anilines is 1. The van der Waals surface area contributed by atoms with E-state index in [1.165, 1.54) is 0 Å². The molecule has 0 aliphatic rings. The van der Waals surface area contributed by atoms with Crippen LogP contribution in [0.2, 0.25) is 5.02 Å². The third-order valence-electron chi connectivity index (χ3n) is 5.04. The Morgan fingerprint density at radius 1 is 1.08 bits per heavy atom. The molecule has 2 aromatic heterocycles. The van der Waals surface area contributed by atoms with Crippen molar-refractivity contribution in [1.82, 2.24) is 15.0 Å². The number of carbonyl (C=O) groups is 1. The van der Waals surface area contributed by atoms with Crippen molar-refractivity contribution in [1.29, 1.82) is 5.26 Å². The number of pyridine rings is 1. The van der Waals surface area contributed by atoms with Crippen LogP contribution in [-0.4, -0.2) is 34.0 Å². The van der Waals surface area contributed by atoms with E-state index in [2.05, 4.69) is 26.3 Å². The molecular weight excluding hydrogens is 482 g/mol. The minimum absolute atomic E-state index is 0.335. The first-order valence-electron chi connectivity index (χ1n) is 11.0. The summed E-state index contributed by atoms with van der Waals surface area (Å²) in [7, 11) is 0. The second-order valence-corrected chi connectivity index (χ2v) is 8.29. The van der Waals surface area contributed by atoms with Gasteiger partial charge in [-0.15, -0.1) is 0 Å². The van der Waals surface area contributed by atoms with Crippen molar-refractivity contribution >= 4 is 34.6 Å². The molecule has 1 unspecified atom stereocenters. The summed E-state index contributed by atoms with van der Waals surface area (Å²) < 4.78 is 16.1. The molecule has 4 aromatic rings. The number of fused-ring (bicyclic) bond motifs is 1. The van der Waals surface area contributed by atoms with Gasteiger partial charge >= 0.3 is 6.16 Å². The van der Waals surface area contributed by atoms with Gasteiger partial charge in [0.25, 0.3) is 0 Å². The first kappa shape index (κ1) is 24.7. The number of aromatic nitrogens is 3. The quantitative estimate of drug-likeness (QED) is 0.240. The van der Waals surface area contributed by atoms with Crippen molar-refractivity contribution in [3.63, 3.8) is 0 Å². The van der Waals surface area contributed by atoms with Crippen molar-refractivity contribution in [2.75, 3.05) is 12.1 Å². The zero-order chi connectivity index (χ0) is 25.5. The third-order valence-corrected chi connectivity index (χ3v) is 5.35. The Bertz CT molecular complexity index is 1410. The van der Waals surface area contributed by atoms with Gasteiger partial charge in [-0.2, -0.15) is 5.26 Å². The van der Waals surface area contributed by atoms with Gasteiger partial charge in [-0.25, -0.2) is 14.8 Å². The van der Waals surface area contributed by atoms with E-state index in [0.717, 1.165) is 5.56 Å². The highest BCUT2D eigenvalue weighted by atomic mass is 35.5. The molecule has 4 rings (SSSR count). The van der Waals surface area contributed by atoms with Crippen LogP contribution in [0.5, 0.6) is 5.75 Å². The van der Waals surface area contributed by atoms with Crippen LogP contribution in [0.25, 0.3) is 10.9 Å². The average molecular weight is 504 g/mol. The molecule has 0 bridgehead atoms. The second kappa shape index (κ2) is 11.3. The molecule has 2 aromatic carbocycles. The maximum atomic E-state index is 11.9. The topological polar surface area (TPSA) is 119 Å². The zero-order valence-corrected chi connectivity index (χ0v) is 20.3. The molecule has 0 spiro atoms. The third kappa shape index (κ3) is 5.79. The van der Waals surface area contributed by atoms with E-state index in [9.17, 15) is 10.1 Å². The Morgan fingerprint density at radius 2 is 1.86 bits per heavy atom. The van der Waals surface area contributed by atoms with E-state index in [1.54, 1.807) is 68.8 Å². The summed E-state index contributed by atoms with van der Waals surface area (Å²) in [5.41, 5.74) is 2.26. The summed E-state index contributed by atoms with van der Waals surface area (Å²) in [5.74, 6) is 0.688. The number of rotatable bonds is 8. The van der Waals surface area contributed by atoms with Gasteiger partial charge in [-0.05, 0) is 55.8 Å². The van der Waals surface area contributed by atoms with Gasteiger partial charge in [0, 0.05) is 29.5 Å². The highest BCUT2D eigenvalue weighted by Gasteiger charge is 2.24. The number of hydrogen-bond acceptors (Lipinski definition) is 9. The predicted molar refractivity (Wildman–Crippen MR) is 134 cm³/mol. The molecular formula is C26H22ClN5O4. The van der Waals surface area contributed by atoms with Crippen LogP contribution in [0.4, 0.5) is 10.7 Å². The Morgan fingerprint density at radius 3 is 2.61 bits per heavy atom. The van der Waals surface area contributed by atoms with Gasteiger partial charge < -0.3 is 19.5 Å². The number of nitrogens with zero attached hydrogens (tertiary/aromatic N) is 4. The molecule has 0 aliphatic carbocycles. The molecule has 0 fully saturated rings. The SMILES string of the molecule is CC(C)OC(=O)OCOc1c(C(Nc2ncccn2)c2cccc(C#N)c2)cc(Cl)c2cccnc12. The first-order chi connectivity index (χ1) is 17.5. The molecule has 36 heavy (non-hydrogen) atoms. The zero-order valence-electron chi connectivity index (χ0n) is 19.5. The molecule has 182 valence electrons. The molecule has 10 heteroatoms. The average Bonchev–Trinajstić information content (AvgIpc) is 2.89. The molecule has 0 aliphatic heterocycles. The number of ether oxygens (including phenoxy) is 3. The summed E-state index contributed by atoms with van der Waals surface area (Å²) in [6, 6.07) is 15.7. The standard InChI is InChI=1S/C26H22ClN5O4/c1-16(2)36-26(33)35-15-34-24-20(13-21(27)19-8-4-9-29-23(19)24)22(32-25-30-10-5-11-31-25)18-7-3-6-17(12-18)14-28/h3-13,16,22H,15H2,1-2H3,(H,30,31,32). The molecule has 1 N–H and O–H groups in total. The number of carbonyl (C=O) groups excluding carboxylic acids is 1. The van der Waals surface area contributed by atoms with Crippen molar-refractivity contribution in [3.05, 3.63) is 88.8 Å². The highest BCUT2D eigenvalue weighted by Crippen LogP contribution is 2.40. The van der Waals surface area contributed by atoms with Crippen LogP contribution < -0.4 is 10.1 Å². The Labute approximate surface area is 212 Å². The van der Waals surface area contributed by atoms with E-state index < -0.39 is 19.0 Å². The molecule has 0 amide bonds. The fourth-order valence-corrected chi connectivity index (χ4v) is 3.83. The van der Waals surface area contributed by atoms with Crippen LogP contribution in [0, 0.1) is 11.3 Å². The molecule has 0 saturated carbocycles. The fourth-order valence-electron chi connectivity index (χ4n) is 3.56. The van der Waals surface area contributed by atoms with Gasteiger partial charge in [0.1, 0.15) is 5.52 Å². The maximum Gasteiger partial charge on any atom is 0.511 e. The van der Waals surface area contributed by atoms with Crippen molar-refractivity contribution < 1.29 is 19.0 Å². The minimum Gasteiger partial charge on any atom is -0.455 e. The highest BCUT2D eigenvalue weighted by molar-refractivity contribution is 6.35. The molecule has 2 heterocycles. The predicted octanol–water partition coefficient (Wildman–Crippen LogP) is 5.65. The Kier molecular flexibility index (Phi) is 7.78. The van der Waals surface area contributed by atoms with E-state index >= 15 is 0 Å². The molecule has 9 nitrogen and oxygen atoms in total. The van der Waals surface area contributed by atoms with Crippen LogP contribution in [-0.2, 0) is 9.47 Å². The number of nitrogens with one attached hydrogen (secondary N) is 1. The van der Waals surface area contributed by atoms with E-state index in [-0.39, 0.29) is 6.10 Å². The van der Waals surface area contributed by atoms with Crippen LogP contribution in [0.1, 0.15) is 36.6 Å².